The first-order valence-electron chi connectivity index (χ1n) is 11.7. The van der Waals surface area contributed by atoms with Gasteiger partial charge in [0, 0.05) is 45.3 Å². The third-order valence-electron chi connectivity index (χ3n) is 6.22. The number of fused-ring (bicyclic) bond motifs is 3. The van der Waals surface area contributed by atoms with E-state index in [0.29, 0.717) is 52.4 Å². The van der Waals surface area contributed by atoms with E-state index in [9.17, 15) is 9.59 Å². The van der Waals surface area contributed by atoms with Crippen LogP contribution in [0.3, 0.4) is 0 Å². The van der Waals surface area contributed by atoms with E-state index in [2.05, 4.69) is 29.3 Å². The molecule has 2 bridgehead atoms. The first kappa shape index (κ1) is 24.3. The van der Waals surface area contributed by atoms with Crippen LogP contribution < -0.4 is 10.1 Å². The molecule has 7 heteroatoms. The van der Waals surface area contributed by atoms with Gasteiger partial charge >= 0.3 is 0 Å². The van der Waals surface area contributed by atoms with Crippen LogP contribution in [-0.4, -0.2) is 74.7 Å². The predicted octanol–water partition coefficient (Wildman–Crippen LogP) is 2.46. The maximum Gasteiger partial charge on any atom is 0.236 e. The molecule has 1 aromatic carbocycles. The second-order valence-electron chi connectivity index (χ2n) is 8.66. The molecule has 1 saturated heterocycles. The average molecular weight is 444 g/mol. The van der Waals surface area contributed by atoms with Crippen LogP contribution in [0.25, 0.3) is 0 Å². The zero-order chi connectivity index (χ0) is 22.8. The third-order valence-corrected chi connectivity index (χ3v) is 6.22. The lowest BCUT2D eigenvalue weighted by atomic mass is 9.82. The van der Waals surface area contributed by atoms with E-state index in [1.54, 1.807) is 7.11 Å². The van der Waals surface area contributed by atoms with Crippen molar-refractivity contribution in [3.8, 4) is 5.75 Å². The number of nitrogens with zero attached hydrogens (tertiary/aromatic N) is 2. The molecule has 7 nitrogen and oxygen atoms in total. The molecule has 2 aliphatic heterocycles. The summed E-state index contributed by atoms with van der Waals surface area (Å²) in [4.78, 5) is 29.7. The van der Waals surface area contributed by atoms with Gasteiger partial charge in [0.15, 0.2) is 0 Å². The van der Waals surface area contributed by atoms with E-state index in [4.69, 9.17) is 9.47 Å². The Balaban J connectivity index is 1.74. The van der Waals surface area contributed by atoms with Gasteiger partial charge in [-0.05, 0) is 37.3 Å². The average Bonchev–Trinajstić information content (AvgIpc) is 2.79. The minimum atomic E-state index is 0.0439. The second-order valence-corrected chi connectivity index (χ2v) is 8.66. The Morgan fingerprint density at radius 3 is 2.94 bits per heavy atom. The van der Waals surface area contributed by atoms with Crippen molar-refractivity contribution >= 4 is 11.8 Å². The molecule has 1 aromatic rings. The summed E-state index contributed by atoms with van der Waals surface area (Å²) >= 11 is 0. The number of nitrogens with one attached hydrogen (secondary N) is 1. The summed E-state index contributed by atoms with van der Waals surface area (Å²) in [6.45, 7) is 6.95. The number of carbonyl (C=O) groups is 2. The molecule has 2 heterocycles. The monoisotopic (exact) mass is 443 g/mol. The smallest absolute Gasteiger partial charge is 0.236 e. The van der Waals surface area contributed by atoms with Crippen LogP contribution in [0.4, 0.5) is 0 Å². The van der Waals surface area contributed by atoms with Gasteiger partial charge in [-0.2, -0.15) is 0 Å². The van der Waals surface area contributed by atoms with Gasteiger partial charge in [-0.25, -0.2) is 0 Å². The Hall–Kier alpha value is -2.38. The summed E-state index contributed by atoms with van der Waals surface area (Å²) in [5.74, 6) is 1.42. The number of piperidine rings is 1. The van der Waals surface area contributed by atoms with E-state index in [0.717, 1.165) is 30.7 Å². The molecule has 0 radical (unpaired) electrons. The molecular formula is C25H37N3O4. The number of amides is 2. The number of para-hydroxylation sites is 1. The predicted molar refractivity (Wildman–Crippen MR) is 124 cm³/mol. The van der Waals surface area contributed by atoms with Crippen molar-refractivity contribution in [3.05, 3.63) is 42.0 Å². The summed E-state index contributed by atoms with van der Waals surface area (Å²) < 4.78 is 11.1. The molecule has 0 saturated carbocycles. The number of hydrogen-bond donors (Lipinski definition) is 1. The van der Waals surface area contributed by atoms with Gasteiger partial charge in [0.05, 0.1) is 13.2 Å². The van der Waals surface area contributed by atoms with Crippen LogP contribution in [0, 0.1) is 11.8 Å². The minimum Gasteiger partial charge on any atom is -0.489 e. The maximum absolute atomic E-state index is 13.2. The number of rotatable bonds is 7. The van der Waals surface area contributed by atoms with Crippen LogP contribution in [0.5, 0.6) is 5.75 Å². The number of methoxy groups -OCH3 is 1. The van der Waals surface area contributed by atoms with Crippen molar-refractivity contribution in [3.63, 3.8) is 0 Å². The highest BCUT2D eigenvalue weighted by Crippen LogP contribution is 2.29. The molecule has 0 aromatic heterocycles. The molecule has 32 heavy (non-hydrogen) atoms. The van der Waals surface area contributed by atoms with E-state index >= 15 is 0 Å². The van der Waals surface area contributed by atoms with E-state index < -0.39 is 0 Å². The van der Waals surface area contributed by atoms with Crippen LogP contribution in [0.1, 0.15) is 31.7 Å². The van der Waals surface area contributed by atoms with Crippen molar-refractivity contribution in [1.29, 1.82) is 0 Å². The fraction of sp³-hybridized carbons (Fsp3) is 0.600. The molecule has 0 spiro atoms. The van der Waals surface area contributed by atoms with Crippen molar-refractivity contribution in [2.75, 3.05) is 53.0 Å². The van der Waals surface area contributed by atoms with Crippen LogP contribution >= 0.6 is 0 Å². The highest BCUT2D eigenvalue weighted by molar-refractivity contribution is 5.79. The topological polar surface area (TPSA) is 71.1 Å². The Morgan fingerprint density at radius 1 is 1.28 bits per heavy atom. The van der Waals surface area contributed by atoms with Gasteiger partial charge < -0.3 is 19.7 Å². The molecule has 0 aliphatic carbocycles. The Morgan fingerprint density at radius 2 is 2.12 bits per heavy atom. The summed E-state index contributed by atoms with van der Waals surface area (Å²) in [5.41, 5.74) is 1.10. The number of benzene rings is 1. The Bertz CT molecular complexity index is 782. The minimum absolute atomic E-state index is 0.0439. The van der Waals surface area contributed by atoms with Crippen LogP contribution in [0.15, 0.2) is 36.4 Å². The summed E-state index contributed by atoms with van der Waals surface area (Å²) in [6.07, 6.45) is 6.45. The third kappa shape index (κ3) is 7.07. The van der Waals surface area contributed by atoms with Gasteiger partial charge in [0.2, 0.25) is 11.8 Å². The standard InChI is InChI=1S/C25H37N3O4/c1-3-12-27-17-22-7-4-5-9-23(22)32-14-6-8-21-18-28(25(30)19-27)13-10-20(21)16-24(29)26-11-15-31-2/h4-9,20-21H,3,10-19H2,1-2H3,(H,26,29)/t20-,21-/m0/s1. The molecule has 1 N–H and O–H groups in total. The lowest BCUT2D eigenvalue weighted by molar-refractivity contribution is -0.135. The molecule has 1 fully saturated rings. The van der Waals surface area contributed by atoms with Gasteiger partial charge in [-0.15, -0.1) is 0 Å². The van der Waals surface area contributed by atoms with Crippen molar-refractivity contribution in [1.82, 2.24) is 15.1 Å². The second kappa shape index (κ2) is 12.6. The van der Waals surface area contributed by atoms with Gasteiger partial charge in [-0.3, -0.25) is 14.5 Å². The first-order chi connectivity index (χ1) is 15.6. The summed E-state index contributed by atoms with van der Waals surface area (Å²) in [5, 5.41) is 2.92. The van der Waals surface area contributed by atoms with Crippen molar-refractivity contribution < 1.29 is 19.1 Å². The van der Waals surface area contributed by atoms with Gasteiger partial charge in [-0.1, -0.05) is 37.3 Å². The SMILES string of the molecule is CCCN1CC(=O)N2CC[C@@H](CC(=O)NCCOC)[C@@H](C=CCOc3ccccc3C1)C2. The molecule has 2 aliphatic rings. The number of carbonyl (C=O) groups excluding carboxylic acids is 2. The lowest BCUT2D eigenvalue weighted by Gasteiger charge is -2.38. The fourth-order valence-electron chi connectivity index (χ4n) is 4.54. The molecule has 0 unspecified atom stereocenters. The highest BCUT2D eigenvalue weighted by atomic mass is 16.5. The number of ether oxygens (including phenoxy) is 2. The van der Waals surface area contributed by atoms with E-state index in [1.807, 2.05) is 29.2 Å². The van der Waals surface area contributed by atoms with Crippen LogP contribution in [-0.2, 0) is 20.9 Å². The quantitative estimate of drug-likeness (QED) is 0.518. The zero-order valence-electron chi connectivity index (χ0n) is 19.4. The van der Waals surface area contributed by atoms with Gasteiger partial charge in [0.25, 0.3) is 0 Å². The normalized spacial score (nSPS) is 22.2. The van der Waals surface area contributed by atoms with E-state index in [-0.39, 0.29) is 23.7 Å². The molecular weight excluding hydrogens is 406 g/mol. The van der Waals surface area contributed by atoms with Crippen molar-refractivity contribution in [2.45, 2.75) is 32.7 Å². The zero-order valence-corrected chi connectivity index (χ0v) is 19.4. The molecule has 2 atom stereocenters. The first-order valence-corrected chi connectivity index (χ1v) is 11.7. The number of hydrogen-bond acceptors (Lipinski definition) is 5. The Kier molecular flexibility index (Phi) is 9.56. The molecule has 3 rings (SSSR count). The largest absolute Gasteiger partial charge is 0.489 e. The van der Waals surface area contributed by atoms with Gasteiger partial charge in [0.1, 0.15) is 12.4 Å². The maximum atomic E-state index is 13.2. The highest BCUT2D eigenvalue weighted by Gasteiger charge is 2.32. The van der Waals surface area contributed by atoms with Crippen LogP contribution in [0.2, 0.25) is 0 Å². The van der Waals surface area contributed by atoms with E-state index in [1.165, 1.54) is 0 Å². The summed E-state index contributed by atoms with van der Waals surface area (Å²) in [7, 11) is 1.62. The molecule has 2 amide bonds. The fourth-order valence-corrected chi connectivity index (χ4v) is 4.54. The van der Waals surface area contributed by atoms with Crippen molar-refractivity contribution in [2.24, 2.45) is 11.8 Å². The Labute approximate surface area is 191 Å². The lowest BCUT2D eigenvalue weighted by Crippen LogP contribution is -2.48. The molecule has 176 valence electrons. The summed E-state index contributed by atoms with van der Waals surface area (Å²) in [6, 6.07) is 8.06.